The van der Waals surface area contributed by atoms with E-state index >= 15 is 0 Å². The number of anilines is 2. The normalized spacial score (nSPS) is 18.7. The molecule has 9 heteroatoms. The Hall–Kier alpha value is -1.45. The molecule has 2 aromatic rings. The molecule has 0 aliphatic carbocycles. The molecule has 0 bridgehead atoms. The largest absolute Gasteiger partial charge is 0.354 e. The van der Waals surface area contributed by atoms with E-state index in [4.69, 9.17) is 5.84 Å². The number of hydrazine groups is 1. The van der Waals surface area contributed by atoms with E-state index in [1.807, 2.05) is 16.3 Å². The summed E-state index contributed by atoms with van der Waals surface area (Å²) in [6, 6.07) is 1.94. The van der Waals surface area contributed by atoms with Crippen molar-refractivity contribution in [3.8, 4) is 0 Å². The smallest absolute Gasteiger partial charge is 0.240 e. The van der Waals surface area contributed by atoms with Crippen LogP contribution in [-0.2, 0) is 9.84 Å². The van der Waals surface area contributed by atoms with Gasteiger partial charge in [-0.25, -0.2) is 19.2 Å². The Morgan fingerprint density at radius 3 is 2.74 bits per heavy atom. The van der Waals surface area contributed by atoms with Gasteiger partial charge < -0.3 is 4.90 Å². The highest BCUT2D eigenvalue weighted by Crippen LogP contribution is 2.29. The number of thiophene rings is 1. The molecule has 2 aromatic heterocycles. The highest BCUT2D eigenvalue weighted by molar-refractivity contribution is 7.91. The van der Waals surface area contributed by atoms with Crippen LogP contribution >= 0.6 is 11.3 Å². The first-order valence-electron chi connectivity index (χ1n) is 5.76. The molecule has 7 nitrogen and oxygen atoms in total. The molecule has 0 atom stereocenters. The molecule has 0 saturated carbocycles. The zero-order chi connectivity index (χ0) is 13.5. The van der Waals surface area contributed by atoms with Crippen LogP contribution in [0.2, 0.25) is 0 Å². The number of aromatic nitrogens is 2. The van der Waals surface area contributed by atoms with Gasteiger partial charge in [0.1, 0.15) is 10.6 Å². The average molecular weight is 299 g/mol. The first kappa shape index (κ1) is 12.6. The van der Waals surface area contributed by atoms with Gasteiger partial charge in [0.15, 0.2) is 9.84 Å². The van der Waals surface area contributed by atoms with Gasteiger partial charge in [0.25, 0.3) is 0 Å². The molecule has 19 heavy (non-hydrogen) atoms. The maximum atomic E-state index is 11.5. The number of fused-ring (bicyclic) bond motifs is 1. The predicted octanol–water partition coefficient (Wildman–Crippen LogP) is 0.212. The van der Waals surface area contributed by atoms with E-state index in [1.54, 1.807) is 0 Å². The van der Waals surface area contributed by atoms with Crippen molar-refractivity contribution in [2.75, 3.05) is 34.9 Å². The second-order valence-electron chi connectivity index (χ2n) is 4.29. The fourth-order valence-electron chi connectivity index (χ4n) is 2.07. The minimum atomic E-state index is -2.90. The maximum absolute atomic E-state index is 11.5. The van der Waals surface area contributed by atoms with E-state index in [1.165, 1.54) is 11.3 Å². The van der Waals surface area contributed by atoms with Crippen LogP contribution in [-0.4, -0.2) is 43.0 Å². The SMILES string of the molecule is NNc1nc(N2CCS(=O)(=O)CC2)c2ccsc2n1. The predicted molar refractivity (Wildman–Crippen MR) is 76.1 cm³/mol. The summed E-state index contributed by atoms with van der Waals surface area (Å²) in [5, 5.41) is 2.87. The van der Waals surface area contributed by atoms with Crippen LogP contribution in [0.1, 0.15) is 0 Å². The van der Waals surface area contributed by atoms with E-state index in [9.17, 15) is 8.42 Å². The van der Waals surface area contributed by atoms with Crippen LogP contribution in [0.5, 0.6) is 0 Å². The van der Waals surface area contributed by atoms with Crippen LogP contribution in [0.25, 0.3) is 10.2 Å². The molecule has 1 aliphatic heterocycles. The third-order valence-electron chi connectivity index (χ3n) is 3.08. The van der Waals surface area contributed by atoms with E-state index in [2.05, 4.69) is 15.4 Å². The van der Waals surface area contributed by atoms with Crippen LogP contribution in [0.4, 0.5) is 11.8 Å². The molecule has 3 heterocycles. The van der Waals surface area contributed by atoms with Gasteiger partial charge in [0.2, 0.25) is 5.95 Å². The Morgan fingerprint density at radius 2 is 2.05 bits per heavy atom. The van der Waals surface area contributed by atoms with Crippen LogP contribution in [0, 0.1) is 0 Å². The van der Waals surface area contributed by atoms with Crippen molar-refractivity contribution in [1.29, 1.82) is 0 Å². The first-order chi connectivity index (χ1) is 9.09. The fraction of sp³-hybridized carbons (Fsp3) is 0.400. The minimum absolute atomic E-state index is 0.161. The number of nitrogens with two attached hydrogens (primary N) is 1. The highest BCUT2D eigenvalue weighted by atomic mass is 32.2. The fourth-order valence-corrected chi connectivity index (χ4v) is 4.03. The van der Waals surface area contributed by atoms with E-state index in [0.717, 1.165) is 16.0 Å². The van der Waals surface area contributed by atoms with E-state index < -0.39 is 9.84 Å². The summed E-state index contributed by atoms with van der Waals surface area (Å²) >= 11 is 1.50. The molecule has 0 amide bonds. The number of nitrogens with zero attached hydrogens (tertiary/aromatic N) is 3. The monoisotopic (exact) mass is 299 g/mol. The van der Waals surface area contributed by atoms with Gasteiger partial charge in [-0.2, -0.15) is 4.98 Å². The highest BCUT2D eigenvalue weighted by Gasteiger charge is 2.24. The Kier molecular flexibility index (Phi) is 3.03. The molecular weight excluding hydrogens is 286 g/mol. The maximum Gasteiger partial charge on any atom is 0.240 e. The minimum Gasteiger partial charge on any atom is -0.354 e. The van der Waals surface area contributed by atoms with Gasteiger partial charge in [0.05, 0.1) is 16.9 Å². The first-order valence-corrected chi connectivity index (χ1v) is 8.46. The van der Waals surface area contributed by atoms with Crippen molar-refractivity contribution >= 4 is 43.2 Å². The average Bonchev–Trinajstić information content (AvgIpc) is 2.86. The van der Waals surface area contributed by atoms with Gasteiger partial charge in [0, 0.05) is 13.1 Å². The second kappa shape index (κ2) is 4.58. The summed E-state index contributed by atoms with van der Waals surface area (Å²) in [4.78, 5) is 11.4. The summed E-state index contributed by atoms with van der Waals surface area (Å²) in [5.41, 5.74) is 2.44. The Labute approximate surface area is 114 Å². The third kappa shape index (κ3) is 2.36. The van der Waals surface area contributed by atoms with Gasteiger partial charge in [-0.3, -0.25) is 5.43 Å². The lowest BCUT2D eigenvalue weighted by Gasteiger charge is -2.28. The van der Waals surface area contributed by atoms with Crippen molar-refractivity contribution < 1.29 is 8.42 Å². The molecule has 1 fully saturated rings. The number of hydrogen-bond donors (Lipinski definition) is 2. The molecule has 3 N–H and O–H groups in total. The number of hydrogen-bond acceptors (Lipinski definition) is 8. The Balaban J connectivity index is 2.02. The Morgan fingerprint density at radius 1 is 1.32 bits per heavy atom. The second-order valence-corrected chi connectivity index (χ2v) is 7.49. The van der Waals surface area contributed by atoms with Gasteiger partial charge >= 0.3 is 0 Å². The molecule has 0 aromatic carbocycles. The molecule has 1 saturated heterocycles. The summed E-state index contributed by atoms with van der Waals surface area (Å²) in [6.45, 7) is 0.905. The number of nitrogen functional groups attached to an aromatic ring is 1. The van der Waals surface area contributed by atoms with Crippen LogP contribution < -0.4 is 16.2 Å². The van der Waals surface area contributed by atoms with Crippen LogP contribution in [0.3, 0.4) is 0 Å². The molecule has 0 unspecified atom stereocenters. The summed E-state index contributed by atoms with van der Waals surface area (Å²) < 4.78 is 22.9. The quantitative estimate of drug-likeness (QED) is 0.604. The van der Waals surface area contributed by atoms with Crippen molar-refractivity contribution in [3.05, 3.63) is 11.4 Å². The molecule has 3 rings (SSSR count). The van der Waals surface area contributed by atoms with Crippen molar-refractivity contribution in [2.45, 2.75) is 0 Å². The summed E-state index contributed by atoms with van der Waals surface area (Å²) in [6.07, 6.45) is 0. The van der Waals surface area contributed by atoms with Gasteiger partial charge in [-0.05, 0) is 11.4 Å². The van der Waals surface area contributed by atoms with Crippen molar-refractivity contribution in [2.24, 2.45) is 5.84 Å². The molecule has 102 valence electrons. The lowest BCUT2D eigenvalue weighted by Crippen LogP contribution is -2.40. The number of nitrogens with one attached hydrogen (secondary N) is 1. The molecular formula is C10H13N5O2S2. The zero-order valence-corrected chi connectivity index (χ0v) is 11.7. The molecule has 0 radical (unpaired) electrons. The lowest BCUT2D eigenvalue weighted by atomic mass is 10.3. The van der Waals surface area contributed by atoms with Crippen molar-refractivity contribution in [3.63, 3.8) is 0 Å². The van der Waals surface area contributed by atoms with Crippen molar-refractivity contribution in [1.82, 2.24) is 9.97 Å². The Bertz CT molecular complexity index is 698. The molecule has 0 spiro atoms. The van der Waals surface area contributed by atoms with Gasteiger partial charge in [-0.1, -0.05) is 0 Å². The molecule has 1 aliphatic rings. The summed E-state index contributed by atoms with van der Waals surface area (Å²) in [5.74, 6) is 6.78. The van der Waals surface area contributed by atoms with Gasteiger partial charge in [-0.15, -0.1) is 11.3 Å². The summed E-state index contributed by atoms with van der Waals surface area (Å²) in [7, 11) is -2.90. The standard InChI is InChI=1S/C10H13N5O2S2/c11-14-10-12-8(7-1-4-18-9(7)13-10)15-2-5-19(16,17)6-3-15/h1,4H,2-3,5-6,11H2,(H,12,13,14). The van der Waals surface area contributed by atoms with Crippen LogP contribution in [0.15, 0.2) is 11.4 Å². The lowest BCUT2D eigenvalue weighted by molar-refractivity contribution is 0.586. The zero-order valence-electron chi connectivity index (χ0n) is 10.0. The topological polar surface area (TPSA) is 101 Å². The van der Waals surface area contributed by atoms with E-state index in [-0.39, 0.29) is 11.5 Å². The number of rotatable bonds is 2. The van der Waals surface area contributed by atoms with E-state index in [0.29, 0.717) is 19.0 Å². The number of sulfone groups is 1. The third-order valence-corrected chi connectivity index (χ3v) is 5.49.